The summed E-state index contributed by atoms with van der Waals surface area (Å²) in [7, 11) is 0. The molecule has 0 bridgehead atoms. The Morgan fingerprint density at radius 2 is 1.84 bits per heavy atom. The Kier molecular flexibility index (Phi) is 4.99. The van der Waals surface area contributed by atoms with Gasteiger partial charge < -0.3 is 0 Å². The Morgan fingerprint density at radius 1 is 1.16 bits per heavy atom. The van der Waals surface area contributed by atoms with Crippen LogP contribution in [0.3, 0.4) is 0 Å². The summed E-state index contributed by atoms with van der Waals surface area (Å²) in [5, 5.41) is 9.38. The first-order chi connectivity index (χ1) is 9.30. The monoisotopic (exact) mass is 256 g/mol. The van der Waals surface area contributed by atoms with Gasteiger partial charge in [0.05, 0.1) is 12.0 Å². The quantitative estimate of drug-likeness (QED) is 0.819. The van der Waals surface area contributed by atoms with Crippen LogP contribution in [0.25, 0.3) is 0 Å². The Bertz CT molecular complexity index is 417. The van der Waals surface area contributed by atoms with Crippen LogP contribution in [0.4, 0.5) is 0 Å². The fourth-order valence-electron chi connectivity index (χ4n) is 3.42. The van der Waals surface area contributed by atoms with Gasteiger partial charge >= 0.3 is 0 Å². The molecule has 3 atom stereocenters. The predicted octanol–water partition coefficient (Wildman–Crippen LogP) is 3.80. The highest BCUT2D eigenvalue weighted by molar-refractivity contribution is 5.21. The number of rotatable bonds is 4. The zero-order valence-electron chi connectivity index (χ0n) is 12.0. The molecule has 1 aliphatic rings. The van der Waals surface area contributed by atoms with Crippen LogP contribution >= 0.6 is 0 Å². The van der Waals surface area contributed by atoms with Crippen molar-refractivity contribution >= 4 is 0 Å². The van der Waals surface area contributed by atoms with Crippen LogP contribution in [0.1, 0.15) is 44.6 Å². The molecule has 0 radical (unpaired) electrons. The number of nitrogens with zero attached hydrogens (tertiary/aromatic N) is 2. The van der Waals surface area contributed by atoms with Crippen molar-refractivity contribution in [3.8, 4) is 6.07 Å². The maximum atomic E-state index is 9.38. The molecule has 0 heterocycles. The standard InChI is InChI=1S/C17H24N2/c1-3-19(4-2)17-12-15(10-11-16(17)13-18)14-8-6-5-7-9-14/h5-9,15-17H,3-4,10-12H2,1-2H3. The van der Waals surface area contributed by atoms with E-state index in [9.17, 15) is 5.26 Å². The van der Waals surface area contributed by atoms with E-state index in [2.05, 4.69) is 55.1 Å². The summed E-state index contributed by atoms with van der Waals surface area (Å²) in [5.74, 6) is 0.830. The van der Waals surface area contributed by atoms with Gasteiger partial charge in [0, 0.05) is 6.04 Å². The topological polar surface area (TPSA) is 27.0 Å². The van der Waals surface area contributed by atoms with Gasteiger partial charge in [-0.15, -0.1) is 0 Å². The van der Waals surface area contributed by atoms with E-state index in [1.165, 1.54) is 5.56 Å². The van der Waals surface area contributed by atoms with Crippen LogP contribution in [-0.4, -0.2) is 24.0 Å². The SMILES string of the molecule is CCN(CC)C1CC(c2ccccc2)CCC1C#N. The van der Waals surface area contributed by atoms with E-state index in [-0.39, 0.29) is 5.92 Å². The van der Waals surface area contributed by atoms with Crippen LogP contribution in [0.15, 0.2) is 30.3 Å². The second-order valence-electron chi connectivity index (χ2n) is 5.44. The van der Waals surface area contributed by atoms with Crippen LogP contribution in [0.2, 0.25) is 0 Å². The van der Waals surface area contributed by atoms with Gasteiger partial charge in [0.1, 0.15) is 0 Å². The zero-order chi connectivity index (χ0) is 13.7. The molecule has 1 aliphatic carbocycles. The largest absolute Gasteiger partial charge is 0.300 e. The van der Waals surface area contributed by atoms with Crippen molar-refractivity contribution in [2.24, 2.45) is 5.92 Å². The summed E-state index contributed by atoms with van der Waals surface area (Å²) in [6.45, 7) is 6.48. The molecule has 0 N–H and O–H groups in total. The zero-order valence-corrected chi connectivity index (χ0v) is 12.0. The van der Waals surface area contributed by atoms with Crippen molar-refractivity contribution in [3.05, 3.63) is 35.9 Å². The molecule has 0 aliphatic heterocycles. The minimum absolute atomic E-state index is 0.208. The maximum absolute atomic E-state index is 9.38. The molecule has 0 aromatic heterocycles. The van der Waals surface area contributed by atoms with Gasteiger partial charge in [0.2, 0.25) is 0 Å². The lowest BCUT2D eigenvalue weighted by atomic mass is 9.75. The Hall–Kier alpha value is -1.33. The van der Waals surface area contributed by atoms with Gasteiger partial charge in [-0.05, 0) is 43.8 Å². The molecule has 102 valence electrons. The van der Waals surface area contributed by atoms with Gasteiger partial charge in [-0.25, -0.2) is 0 Å². The third-order valence-electron chi connectivity index (χ3n) is 4.53. The van der Waals surface area contributed by atoms with Gasteiger partial charge in [0.25, 0.3) is 0 Å². The number of benzene rings is 1. The van der Waals surface area contributed by atoms with E-state index < -0.39 is 0 Å². The highest BCUT2D eigenvalue weighted by atomic mass is 15.1. The van der Waals surface area contributed by atoms with Crippen molar-refractivity contribution < 1.29 is 0 Å². The fraction of sp³-hybridized carbons (Fsp3) is 0.588. The average molecular weight is 256 g/mol. The molecule has 2 nitrogen and oxygen atoms in total. The highest BCUT2D eigenvalue weighted by Crippen LogP contribution is 2.37. The number of nitriles is 1. The number of hydrogen-bond donors (Lipinski definition) is 0. The molecule has 0 amide bonds. The lowest BCUT2D eigenvalue weighted by Gasteiger charge is -2.39. The molecule has 2 rings (SSSR count). The van der Waals surface area contributed by atoms with Crippen molar-refractivity contribution in [2.75, 3.05) is 13.1 Å². The molecule has 3 unspecified atom stereocenters. The molecule has 19 heavy (non-hydrogen) atoms. The van der Waals surface area contributed by atoms with Crippen LogP contribution in [0.5, 0.6) is 0 Å². The predicted molar refractivity (Wildman–Crippen MR) is 78.8 cm³/mol. The first-order valence-corrected chi connectivity index (χ1v) is 7.48. The van der Waals surface area contributed by atoms with E-state index in [1.54, 1.807) is 0 Å². The minimum Gasteiger partial charge on any atom is -0.300 e. The molecule has 0 spiro atoms. The first kappa shape index (κ1) is 14.1. The normalized spacial score (nSPS) is 27.2. The molecule has 1 fully saturated rings. The summed E-state index contributed by atoms with van der Waals surface area (Å²) < 4.78 is 0. The van der Waals surface area contributed by atoms with E-state index >= 15 is 0 Å². The average Bonchev–Trinajstić information content (AvgIpc) is 2.49. The molecule has 1 aromatic rings. The fourth-order valence-corrected chi connectivity index (χ4v) is 3.42. The van der Waals surface area contributed by atoms with Gasteiger partial charge in [-0.3, -0.25) is 4.90 Å². The first-order valence-electron chi connectivity index (χ1n) is 7.48. The summed E-state index contributed by atoms with van der Waals surface area (Å²) in [6.07, 6.45) is 3.32. The summed E-state index contributed by atoms with van der Waals surface area (Å²) in [4.78, 5) is 2.46. The highest BCUT2D eigenvalue weighted by Gasteiger charge is 2.33. The van der Waals surface area contributed by atoms with Crippen LogP contribution < -0.4 is 0 Å². The van der Waals surface area contributed by atoms with Gasteiger partial charge in [-0.2, -0.15) is 5.26 Å². The van der Waals surface area contributed by atoms with E-state index in [0.29, 0.717) is 12.0 Å². The summed E-state index contributed by atoms with van der Waals surface area (Å²) in [5.41, 5.74) is 1.44. The van der Waals surface area contributed by atoms with Gasteiger partial charge in [-0.1, -0.05) is 44.2 Å². The van der Waals surface area contributed by atoms with Crippen molar-refractivity contribution in [2.45, 2.75) is 45.1 Å². The third-order valence-corrected chi connectivity index (χ3v) is 4.53. The third kappa shape index (κ3) is 3.16. The summed E-state index contributed by atoms with van der Waals surface area (Å²) >= 11 is 0. The summed E-state index contributed by atoms with van der Waals surface area (Å²) in [6, 6.07) is 13.8. The van der Waals surface area contributed by atoms with E-state index in [1.807, 2.05) is 0 Å². The van der Waals surface area contributed by atoms with E-state index in [4.69, 9.17) is 0 Å². The maximum Gasteiger partial charge on any atom is 0.0672 e. The van der Waals surface area contributed by atoms with Crippen LogP contribution in [-0.2, 0) is 0 Å². The lowest BCUT2D eigenvalue weighted by molar-refractivity contribution is 0.129. The molecular weight excluding hydrogens is 232 g/mol. The minimum atomic E-state index is 0.208. The second kappa shape index (κ2) is 6.73. The van der Waals surface area contributed by atoms with Crippen molar-refractivity contribution in [3.63, 3.8) is 0 Å². The molecule has 1 aromatic carbocycles. The van der Waals surface area contributed by atoms with Crippen LogP contribution in [0, 0.1) is 17.2 Å². The lowest BCUT2D eigenvalue weighted by Crippen LogP contribution is -2.43. The van der Waals surface area contributed by atoms with Gasteiger partial charge in [0.15, 0.2) is 0 Å². The molecular formula is C17H24N2. The van der Waals surface area contributed by atoms with Crippen molar-refractivity contribution in [1.82, 2.24) is 4.90 Å². The number of hydrogen-bond acceptors (Lipinski definition) is 2. The van der Waals surface area contributed by atoms with Crippen molar-refractivity contribution in [1.29, 1.82) is 5.26 Å². The molecule has 2 heteroatoms. The van der Waals surface area contributed by atoms with E-state index in [0.717, 1.165) is 32.4 Å². The molecule has 1 saturated carbocycles. The smallest absolute Gasteiger partial charge is 0.0672 e. The Balaban J connectivity index is 2.14. The molecule has 0 saturated heterocycles. The second-order valence-corrected chi connectivity index (χ2v) is 5.44. The Labute approximate surface area is 117 Å². The Morgan fingerprint density at radius 3 is 2.42 bits per heavy atom.